The number of carbonyl (C=O) groups excluding carboxylic acids is 1. The lowest BCUT2D eigenvalue weighted by atomic mass is 10.0. The van der Waals surface area contributed by atoms with E-state index in [1.54, 1.807) is 18.1 Å². The number of carbonyl (C=O) groups is 1. The third kappa shape index (κ3) is 2.07. The highest BCUT2D eigenvalue weighted by molar-refractivity contribution is 5.92. The van der Waals surface area contributed by atoms with Crippen LogP contribution in [0.15, 0.2) is 10.6 Å². The molecular formula is C10H14N2O4. The predicted molar refractivity (Wildman–Crippen MR) is 53.7 cm³/mol. The van der Waals surface area contributed by atoms with Crippen molar-refractivity contribution in [2.75, 3.05) is 26.8 Å². The number of amides is 1. The highest BCUT2D eigenvalue weighted by Crippen LogP contribution is 2.18. The fourth-order valence-corrected chi connectivity index (χ4v) is 1.64. The minimum absolute atomic E-state index is 0.123. The van der Waals surface area contributed by atoms with Crippen molar-refractivity contribution in [3.63, 3.8) is 0 Å². The quantitative estimate of drug-likeness (QED) is 0.775. The number of rotatable bonds is 4. The lowest BCUT2D eigenvalue weighted by Gasteiger charge is -2.37. The smallest absolute Gasteiger partial charge is 0.276 e. The molecule has 0 atom stereocenters. The Morgan fingerprint density at radius 2 is 2.50 bits per heavy atom. The summed E-state index contributed by atoms with van der Waals surface area (Å²) in [5.41, 5.74) is 0.295. The summed E-state index contributed by atoms with van der Waals surface area (Å²) >= 11 is 0. The van der Waals surface area contributed by atoms with Crippen LogP contribution in [0.1, 0.15) is 16.2 Å². The maximum Gasteiger partial charge on any atom is 0.276 e. The Morgan fingerprint density at radius 3 is 3.12 bits per heavy atom. The molecule has 1 amide bonds. The molecule has 6 heteroatoms. The molecule has 88 valence electrons. The standard InChI is InChI=1S/C10H14N2O4/c1-15-6-8-2-9(11-16-8)10(14)12-3-7(4-12)5-13/h2,7,13H,3-6H2,1H3. The molecule has 1 N–H and O–H groups in total. The van der Waals surface area contributed by atoms with Gasteiger partial charge in [0.15, 0.2) is 11.5 Å². The van der Waals surface area contributed by atoms with Crippen LogP contribution in [0.25, 0.3) is 0 Å². The van der Waals surface area contributed by atoms with Gasteiger partial charge in [-0.1, -0.05) is 5.16 Å². The van der Waals surface area contributed by atoms with E-state index in [0.29, 0.717) is 31.2 Å². The Balaban J connectivity index is 1.94. The van der Waals surface area contributed by atoms with E-state index in [2.05, 4.69) is 5.16 Å². The zero-order valence-corrected chi connectivity index (χ0v) is 9.05. The molecule has 1 saturated heterocycles. The second-order valence-electron chi connectivity index (χ2n) is 3.87. The second-order valence-corrected chi connectivity index (χ2v) is 3.87. The summed E-state index contributed by atoms with van der Waals surface area (Å²) in [5, 5.41) is 12.5. The van der Waals surface area contributed by atoms with Gasteiger partial charge >= 0.3 is 0 Å². The van der Waals surface area contributed by atoms with E-state index < -0.39 is 0 Å². The first-order chi connectivity index (χ1) is 7.74. The average molecular weight is 226 g/mol. The van der Waals surface area contributed by atoms with Crippen LogP contribution >= 0.6 is 0 Å². The van der Waals surface area contributed by atoms with Gasteiger partial charge in [0.1, 0.15) is 6.61 Å². The van der Waals surface area contributed by atoms with E-state index in [1.807, 2.05) is 0 Å². The van der Waals surface area contributed by atoms with Crippen LogP contribution in [0, 0.1) is 5.92 Å². The topological polar surface area (TPSA) is 75.8 Å². The Bertz CT molecular complexity index is 371. The van der Waals surface area contributed by atoms with Crippen molar-refractivity contribution < 1.29 is 19.2 Å². The lowest BCUT2D eigenvalue weighted by molar-refractivity contribution is 0.0353. The first-order valence-corrected chi connectivity index (χ1v) is 5.09. The van der Waals surface area contributed by atoms with Crippen molar-refractivity contribution in [1.29, 1.82) is 0 Å². The number of nitrogens with zero attached hydrogens (tertiary/aromatic N) is 2. The van der Waals surface area contributed by atoms with Crippen molar-refractivity contribution in [1.82, 2.24) is 10.1 Å². The first kappa shape index (κ1) is 11.1. The van der Waals surface area contributed by atoms with Crippen molar-refractivity contribution in [3.05, 3.63) is 17.5 Å². The van der Waals surface area contributed by atoms with E-state index in [9.17, 15) is 4.79 Å². The van der Waals surface area contributed by atoms with E-state index in [4.69, 9.17) is 14.4 Å². The summed E-state index contributed by atoms with van der Waals surface area (Å²) in [7, 11) is 1.55. The Hall–Kier alpha value is -1.40. The minimum atomic E-state index is -0.157. The summed E-state index contributed by atoms with van der Waals surface area (Å²) in [5.74, 6) is 0.579. The lowest BCUT2D eigenvalue weighted by Crippen LogP contribution is -2.51. The molecular weight excluding hydrogens is 212 g/mol. The van der Waals surface area contributed by atoms with Crippen LogP contribution in [0.5, 0.6) is 0 Å². The van der Waals surface area contributed by atoms with Crippen LogP contribution in [0.3, 0.4) is 0 Å². The molecule has 0 radical (unpaired) electrons. The molecule has 2 rings (SSSR count). The number of ether oxygens (including phenoxy) is 1. The van der Waals surface area contributed by atoms with E-state index in [-0.39, 0.29) is 18.4 Å². The van der Waals surface area contributed by atoms with Crippen molar-refractivity contribution in [2.24, 2.45) is 5.92 Å². The van der Waals surface area contributed by atoms with Crippen LogP contribution < -0.4 is 0 Å². The molecule has 0 aromatic carbocycles. The van der Waals surface area contributed by atoms with E-state index in [0.717, 1.165) is 0 Å². The molecule has 1 aliphatic heterocycles. The summed E-state index contributed by atoms with van der Waals surface area (Å²) in [6.45, 7) is 1.60. The third-order valence-electron chi connectivity index (χ3n) is 2.57. The third-order valence-corrected chi connectivity index (χ3v) is 2.57. The van der Waals surface area contributed by atoms with Gasteiger partial charge in [0, 0.05) is 38.8 Å². The van der Waals surface area contributed by atoms with Crippen LogP contribution in [-0.2, 0) is 11.3 Å². The number of aliphatic hydroxyl groups is 1. The number of aliphatic hydroxyl groups excluding tert-OH is 1. The molecule has 0 bridgehead atoms. The maximum atomic E-state index is 11.8. The van der Waals surface area contributed by atoms with Gasteiger partial charge in [-0.3, -0.25) is 4.79 Å². The van der Waals surface area contributed by atoms with Crippen molar-refractivity contribution in [3.8, 4) is 0 Å². The van der Waals surface area contributed by atoms with Gasteiger partial charge in [0.05, 0.1) is 0 Å². The summed E-state index contributed by atoms with van der Waals surface area (Å²) in [6, 6.07) is 1.58. The Morgan fingerprint density at radius 1 is 1.75 bits per heavy atom. The van der Waals surface area contributed by atoms with Gasteiger partial charge in [0.2, 0.25) is 0 Å². The molecule has 6 nitrogen and oxygen atoms in total. The normalized spacial score (nSPS) is 16.2. The molecule has 2 heterocycles. The fourth-order valence-electron chi connectivity index (χ4n) is 1.64. The molecule has 1 aromatic rings. The maximum absolute atomic E-state index is 11.8. The molecule has 1 aliphatic rings. The van der Waals surface area contributed by atoms with Gasteiger partial charge in [-0.05, 0) is 0 Å². The van der Waals surface area contributed by atoms with Gasteiger partial charge in [-0.15, -0.1) is 0 Å². The highest BCUT2D eigenvalue weighted by Gasteiger charge is 2.31. The highest BCUT2D eigenvalue weighted by atomic mass is 16.5. The SMILES string of the molecule is COCc1cc(C(=O)N2CC(CO)C2)no1. The number of methoxy groups -OCH3 is 1. The van der Waals surface area contributed by atoms with Crippen molar-refractivity contribution in [2.45, 2.75) is 6.61 Å². The second kappa shape index (κ2) is 4.63. The predicted octanol–water partition coefficient (Wildman–Crippen LogP) is -0.115. The molecule has 0 spiro atoms. The number of aromatic nitrogens is 1. The zero-order chi connectivity index (χ0) is 11.5. The van der Waals surface area contributed by atoms with Gasteiger partial charge < -0.3 is 19.3 Å². The van der Waals surface area contributed by atoms with Crippen LogP contribution in [0.2, 0.25) is 0 Å². The zero-order valence-electron chi connectivity index (χ0n) is 9.05. The van der Waals surface area contributed by atoms with Crippen LogP contribution in [-0.4, -0.2) is 47.9 Å². The molecule has 0 unspecified atom stereocenters. The summed E-state index contributed by atoms with van der Waals surface area (Å²) in [4.78, 5) is 13.4. The van der Waals surface area contributed by atoms with Gasteiger partial charge in [0.25, 0.3) is 5.91 Å². The number of likely N-dealkylation sites (tertiary alicyclic amines) is 1. The average Bonchev–Trinajstić information content (AvgIpc) is 2.65. The van der Waals surface area contributed by atoms with E-state index >= 15 is 0 Å². The largest absolute Gasteiger partial charge is 0.396 e. The summed E-state index contributed by atoms with van der Waals surface area (Å²) < 4.78 is 9.79. The van der Waals surface area contributed by atoms with Gasteiger partial charge in [-0.2, -0.15) is 0 Å². The summed E-state index contributed by atoms with van der Waals surface area (Å²) in [6.07, 6.45) is 0. The fraction of sp³-hybridized carbons (Fsp3) is 0.600. The first-order valence-electron chi connectivity index (χ1n) is 5.09. The molecule has 1 fully saturated rings. The van der Waals surface area contributed by atoms with E-state index in [1.165, 1.54) is 0 Å². The molecule has 16 heavy (non-hydrogen) atoms. The Labute approximate surface area is 92.8 Å². The molecule has 1 aromatic heterocycles. The Kier molecular flexibility index (Phi) is 3.21. The van der Waals surface area contributed by atoms with Crippen molar-refractivity contribution >= 4 is 5.91 Å². The monoisotopic (exact) mass is 226 g/mol. The van der Waals surface area contributed by atoms with Gasteiger partial charge in [-0.25, -0.2) is 0 Å². The minimum Gasteiger partial charge on any atom is -0.396 e. The number of hydrogen-bond donors (Lipinski definition) is 1. The number of hydrogen-bond acceptors (Lipinski definition) is 5. The molecule has 0 saturated carbocycles. The molecule has 0 aliphatic carbocycles. The van der Waals surface area contributed by atoms with Crippen LogP contribution in [0.4, 0.5) is 0 Å².